The van der Waals surface area contributed by atoms with Crippen LogP contribution >= 0.6 is 0 Å². The van der Waals surface area contributed by atoms with Crippen molar-refractivity contribution in [2.45, 2.75) is 12.8 Å². The fraction of sp³-hybridized carbons (Fsp3) is 0.600. The van der Waals surface area contributed by atoms with Crippen LogP contribution < -0.4 is 0 Å². The minimum atomic E-state index is 0.863. The topological polar surface area (TPSA) is 0 Å². The van der Waals surface area contributed by atoms with Crippen LogP contribution in [0.3, 0.4) is 0 Å². The van der Waals surface area contributed by atoms with Crippen molar-refractivity contribution in [3.05, 3.63) is 24.3 Å². The second kappa shape index (κ2) is 1.25. The van der Waals surface area contributed by atoms with Crippen LogP contribution in [0.2, 0.25) is 0 Å². The lowest BCUT2D eigenvalue weighted by atomic mass is 9.93. The summed E-state index contributed by atoms with van der Waals surface area (Å²) in [6, 6.07) is 0. The maximum absolute atomic E-state index is 4.15. The molecule has 0 heterocycles. The van der Waals surface area contributed by atoms with E-state index >= 15 is 0 Å². The lowest BCUT2D eigenvalue weighted by molar-refractivity contribution is 0.457. The van der Waals surface area contributed by atoms with Gasteiger partial charge in [-0.15, -0.1) is 0 Å². The summed E-state index contributed by atoms with van der Waals surface area (Å²) >= 11 is 0. The molecule has 0 saturated heterocycles. The highest BCUT2D eigenvalue weighted by atomic mass is 14.6. The fourth-order valence-corrected chi connectivity index (χ4v) is 3.39. The fourth-order valence-electron chi connectivity index (χ4n) is 3.39. The van der Waals surface area contributed by atoms with E-state index in [0.29, 0.717) is 0 Å². The molecule has 4 atom stereocenters. The summed E-state index contributed by atoms with van der Waals surface area (Å²) in [6.07, 6.45) is 2.79. The Kier molecular flexibility index (Phi) is 0.647. The molecule has 4 bridgehead atoms. The van der Waals surface area contributed by atoms with Gasteiger partial charge in [0.15, 0.2) is 0 Å². The molecule has 0 spiro atoms. The van der Waals surface area contributed by atoms with E-state index in [1.54, 1.807) is 11.1 Å². The first-order valence-corrected chi connectivity index (χ1v) is 4.16. The molecule has 0 amide bonds. The molecular weight excluding hydrogens is 120 g/mol. The normalized spacial score (nSPS) is 55.6. The standard InChI is InChI=1S/C10H12/c1-5-7-3-9-6(2)10(7)4-8(5)9/h7-10H,1-4H2. The monoisotopic (exact) mass is 132 g/mol. The Hall–Kier alpha value is -0.520. The maximum atomic E-state index is 4.15. The van der Waals surface area contributed by atoms with Crippen LogP contribution in [0.15, 0.2) is 24.3 Å². The van der Waals surface area contributed by atoms with Gasteiger partial charge in [0.25, 0.3) is 0 Å². The Balaban J connectivity index is 2.20. The van der Waals surface area contributed by atoms with E-state index in [2.05, 4.69) is 13.2 Å². The molecule has 0 radical (unpaired) electrons. The van der Waals surface area contributed by atoms with Crippen LogP contribution in [0, 0.1) is 23.7 Å². The van der Waals surface area contributed by atoms with Crippen molar-refractivity contribution in [2.75, 3.05) is 0 Å². The zero-order valence-electron chi connectivity index (χ0n) is 6.14. The van der Waals surface area contributed by atoms with E-state index in [-0.39, 0.29) is 0 Å². The molecule has 0 nitrogen and oxygen atoms in total. The quantitative estimate of drug-likeness (QED) is 0.444. The molecule has 10 heavy (non-hydrogen) atoms. The third-order valence-corrected chi connectivity index (χ3v) is 3.89. The van der Waals surface area contributed by atoms with Crippen LogP contribution in [0.1, 0.15) is 12.8 Å². The van der Waals surface area contributed by atoms with Gasteiger partial charge in [-0.1, -0.05) is 24.3 Å². The summed E-state index contributed by atoms with van der Waals surface area (Å²) in [5.41, 5.74) is 3.12. The molecule has 0 aliphatic heterocycles. The van der Waals surface area contributed by atoms with Crippen molar-refractivity contribution in [2.24, 2.45) is 23.7 Å². The minimum Gasteiger partial charge on any atom is -0.0993 e. The Morgan fingerprint density at radius 2 is 1.10 bits per heavy atom. The van der Waals surface area contributed by atoms with E-state index < -0.39 is 0 Å². The summed E-state index contributed by atoms with van der Waals surface area (Å²) in [5, 5.41) is 0. The summed E-state index contributed by atoms with van der Waals surface area (Å²) in [5.74, 6) is 3.45. The zero-order valence-corrected chi connectivity index (χ0v) is 6.14. The Bertz CT molecular complexity index is 190. The summed E-state index contributed by atoms with van der Waals surface area (Å²) in [7, 11) is 0. The summed E-state index contributed by atoms with van der Waals surface area (Å²) in [4.78, 5) is 0. The van der Waals surface area contributed by atoms with E-state index in [1.807, 2.05) is 0 Å². The molecule has 0 aromatic carbocycles. The van der Waals surface area contributed by atoms with Crippen LogP contribution in [0.4, 0.5) is 0 Å². The number of hydrogen-bond acceptors (Lipinski definition) is 0. The molecular formula is C10H12. The van der Waals surface area contributed by atoms with Crippen molar-refractivity contribution in [3.8, 4) is 0 Å². The molecule has 4 fully saturated rings. The molecule has 0 aromatic rings. The van der Waals surface area contributed by atoms with E-state index in [0.717, 1.165) is 23.7 Å². The second-order valence-corrected chi connectivity index (χ2v) is 4.05. The molecule has 4 aliphatic carbocycles. The van der Waals surface area contributed by atoms with Gasteiger partial charge < -0.3 is 0 Å². The van der Waals surface area contributed by atoms with Crippen molar-refractivity contribution in [1.29, 1.82) is 0 Å². The van der Waals surface area contributed by atoms with Gasteiger partial charge in [0, 0.05) is 0 Å². The summed E-state index contributed by atoms with van der Waals surface area (Å²) < 4.78 is 0. The lowest BCUT2D eigenvalue weighted by Gasteiger charge is -2.12. The molecule has 0 N–H and O–H groups in total. The highest BCUT2D eigenvalue weighted by Gasteiger charge is 2.57. The predicted molar refractivity (Wildman–Crippen MR) is 41.5 cm³/mol. The average Bonchev–Trinajstić information content (AvgIpc) is 2.55. The van der Waals surface area contributed by atoms with Crippen molar-refractivity contribution >= 4 is 0 Å². The van der Waals surface area contributed by atoms with E-state index in [1.165, 1.54) is 12.8 Å². The minimum absolute atomic E-state index is 0.863. The van der Waals surface area contributed by atoms with Crippen molar-refractivity contribution in [1.82, 2.24) is 0 Å². The second-order valence-electron chi connectivity index (χ2n) is 4.05. The van der Waals surface area contributed by atoms with Crippen LogP contribution in [0.5, 0.6) is 0 Å². The third-order valence-electron chi connectivity index (χ3n) is 3.89. The van der Waals surface area contributed by atoms with Crippen LogP contribution in [0.25, 0.3) is 0 Å². The van der Waals surface area contributed by atoms with Gasteiger partial charge in [0.05, 0.1) is 0 Å². The largest absolute Gasteiger partial charge is 0.0993 e. The summed E-state index contributed by atoms with van der Waals surface area (Å²) in [6.45, 7) is 8.31. The highest BCUT2D eigenvalue weighted by molar-refractivity contribution is 5.39. The Morgan fingerprint density at radius 1 is 0.800 bits per heavy atom. The van der Waals surface area contributed by atoms with Gasteiger partial charge in [0.2, 0.25) is 0 Å². The maximum Gasteiger partial charge on any atom is -0.0131 e. The molecule has 4 saturated carbocycles. The molecule has 4 unspecified atom stereocenters. The average molecular weight is 132 g/mol. The molecule has 4 aliphatic rings. The Labute approximate surface area is 61.6 Å². The highest BCUT2D eigenvalue weighted by Crippen LogP contribution is 2.67. The van der Waals surface area contributed by atoms with Crippen molar-refractivity contribution < 1.29 is 0 Å². The first-order valence-electron chi connectivity index (χ1n) is 4.16. The van der Waals surface area contributed by atoms with Crippen LogP contribution in [-0.4, -0.2) is 0 Å². The Morgan fingerprint density at radius 3 is 1.30 bits per heavy atom. The molecule has 0 heteroatoms. The van der Waals surface area contributed by atoms with Gasteiger partial charge in [-0.3, -0.25) is 0 Å². The zero-order chi connectivity index (χ0) is 6.88. The SMILES string of the molecule is C=C1C2CC3C(=C)C2CC13. The van der Waals surface area contributed by atoms with E-state index in [9.17, 15) is 0 Å². The van der Waals surface area contributed by atoms with E-state index in [4.69, 9.17) is 0 Å². The van der Waals surface area contributed by atoms with Gasteiger partial charge in [-0.05, 0) is 36.5 Å². The molecule has 0 aromatic heterocycles. The van der Waals surface area contributed by atoms with Gasteiger partial charge >= 0.3 is 0 Å². The molecule has 4 rings (SSSR count). The number of rotatable bonds is 0. The lowest BCUT2D eigenvalue weighted by Crippen LogP contribution is -2.02. The van der Waals surface area contributed by atoms with Gasteiger partial charge in [-0.2, -0.15) is 0 Å². The number of allylic oxidation sites excluding steroid dienone is 2. The number of hydrogen-bond donors (Lipinski definition) is 0. The first kappa shape index (κ1) is 5.17. The third kappa shape index (κ3) is 0.317. The van der Waals surface area contributed by atoms with Crippen LogP contribution in [-0.2, 0) is 0 Å². The van der Waals surface area contributed by atoms with Gasteiger partial charge in [-0.25, -0.2) is 0 Å². The van der Waals surface area contributed by atoms with Crippen molar-refractivity contribution in [3.63, 3.8) is 0 Å². The molecule has 52 valence electrons. The first-order chi connectivity index (χ1) is 4.79. The smallest absolute Gasteiger partial charge is 0.0131 e. The predicted octanol–water partition coefficient (Wildman–Crippen LogP) is 2.38. The van der Waals surface area contributed by atoms with Gasteiger partial charge in [0.1, 0.15) is 0 Å².